The average molecular weight is 298 g/mol. The smallest absolute Gasteiger partial charge is 0.178 e. The molecular weight excluding hydrogens is 276 g/mol. The van der Waals surface area contributed by atoms with Crippen molar-refractivity contribution in [3.05, 3.63) is 35.5 Å². The zero-order valence-corrected chi connectivity index (χ0v) is 13.0. The van der Waals surface area contributed by atoms with Crippen LogP contribution in [0, 0.1) is 11.3 Å². The van der Waals surface area contributed by atoms with E-state index in [0.717, 1.165) is 44.1 Å². The summed E-state index contributed by atoms with van der Waals surface area (Å²) in [7, 11) is 0. The van der Waals surface area contributed by atoms with Crippen molar-refractivity contribution in [2.75, 3.05) is 0 Å². The van der Waals surface area contributed by atoms with Gasteiger partial charge in [0.2, 0.25) is 0 Å². The first-order chi connectivity index (χ1) is 10.5. The highest BCUT2D eigenvalue weighted by Crippen LogP contribution is 2.66. The molecule has 2 saturated carbocycles. The normalized spacial score (nSPS) is 51.8. The minimum absolute atomic E-state index is 0.0156. The largest absolute Gasteiger partial charge is 0.393 e. The third-order valence-electron chi connectivity index (χ3n) is 7.19. The van der Waals surface area contributed by atoms with E-state index in [1.165, 1.54) is 5.57 Å². The molecule has 22 heavy (non-hydrogen) atoms. The number of hydrogen-bond donors (Lipinski definition) is 1. The van der Waals surface area contributed by atoms with E-state index < -0.39 is 0 Å². The predicted octanol–water partition coefficient (Wildman–Crippen LogP) is 2.85. The molecule has 3 aliphatic carbocycles. The molecular formula is C19H22O3. The molecule has 0 radical (unpaired) electrons. The maximum atomic E-state index is 11.7. The van der Waals surface area contributed by atoms with Crippen molar-refractivity contribution in [3.63, 3.8) is 0 Å². The van der Waals surface area contributed by atoms with E-state index in [2.05, 4.69) is 13.0 Å². The summed E-state index contributed by atoms with van der Waals surface area (Å²) in [5.41, 5.74) is 1.81. The van der Waals surface area contributed by atoms with Gasteiger partial charge >= 0.3 is 0 Å². The number of rotatable bonds is 0. The number of fused-ring (bicyclic) bond motifs is 1. The van der Waals surface area contributed by atoms with Crippen LogP contribution in [0.4, 0.5) is 0 Å². The summed E-state index contributed by atoms with van der Waals surface area (Å²) in [6.07, 6.45) is 13.4. The molecule has 0 amide bonds. The van der Waals surface area contributed by atoms with Crippen LogP contribution in [-0.4, -0.2) is 28.2 Å². The minimum atomic E-state index is -0.386. The first kappa shape index (κ1) is 13.3. The molecule has 0 aromatic heterocycles. The number of ether oxygens (including phenoxy) is 1. The summed E-state index contributed by atoms with van der Waals surface area (Å²) < 4.78 is 6.77. The van der Waals surface area contributed by atoms with Gasteiger partial charge in [-0.25, -0.2) is 0 Å². The van der Waals surface area contributed by atoms with E-state index in [-0.39, 0.29) is 28.5 Å². The zero-order chi connectivity index (χ0) is 15.2. The number of hydrogen-bond acceptors (Lipinski definition) is 3. The molecule has 5 atom stereocenters. The van der Waals surface area contributed by atoms with Gasteiger partial charge in [-0.05, 0) is 79.2 Å². The third kappa shape index (κ3) is 1.34. The van der Waals surface area contributed by atoms with Gasteiger partial charge in [-0.1, -0.05) is 13.0 Å². The molecule has 2 heterocycles. The predicted molar refractivity (Wildman–Crippen MR) is 82.2 cm³/mol. The van der Waals surface area contributed by atoms with Crippen molar-refractivity contribution in [1.82, 2.24) is 0 Å². The Balaban J connectivity index is 1.67. The lowest BCUT2D eigenvalue weighted by molar-refractivity contribution is -0.134. The van der Waals surface area contributed by atoms with Crippen molar-refractivity contribution in [2.45, 2.75) is 62.8 Å². The first-order valence-electron chi connectivity index (χ1n) is 8.53. The van der Waals surface area contributed by atoms with Crippen LogP contribution in [0.2, 0.25) is 0 Å². The quantitative estimate of drug-likeness (QED) is 0.748. The number of aliphatic hydroxyl groups excluding tert-OH is 1. The number of ketones is 1. The second-order valence-corrected chi connectivity index (χ2v) is 8.04. The Labute approximate surface area is 130 Å². The summed E-state index contributed by atoms with van der Waals surface area (Å²) in [5.74, 6) is 0.472. The lowest BCUT2D eigenvalue weighted by Gasteiger charge is -2.53. The average Bonchev–Trinajstić information content (AvgIpc) is 2.97. The third-order valence-corrected chi connectivity index (χ3v) is 7.19. The molecule has 3 nitrogen and oxygen atoms in total. The number of allylic oxidation sites excluding steroid dienone is 2. The molecule has 0 aromatic rings. The Bertz CT molecular complexity index is 672. The van der Waals surface area contributed by atoms with E-state index in [1.54, 1.807) is 12.2 Å². The van der Waals surface area contributed by atoms with E-state index in [0.29, 0.717) is 5.92 Å². The van der Waals surface area contributed by atoms with Gasteiger partial charge in [0.05, 0.1) is 11.7 Å². The summed E-state index contributed by atoms with van der Waals surface area (Å²) >= 11 is 0. The molecule has 3 fully saturated rings. The summed E-state index contributed by atoms with van der Waals surface area (Å²) in [5, 5.41) is 10.5. The van der Waals surface area contributed by atoms with Crippen LogP contribution in [0.1, 0.15) is 45.4 Å². The maximum Gasteiger partial charge on any atom is 0.178 e. The van der Waals surface area contributed by atoms with Gasteiger partial charge in [0.15, 0.2) is 5.78 Å². The first-order valence-corrected chi connectivity index (χ1v) is 8.53. The van der Waals surface area contributed by atoms with Gasteiger partial charge in [0.25, 0.3) is 0 Å². The van der Waals surface area contributed by atoms with Gasteiger partial charge in [0.1, 0.15) is 5.60 Å². The fourth-order valence-corrected chi connectivity index (χ4v) is 5.94. The van der Waals surface area contributed by atoms with Crippen molar-refractivity contribution < 1.29 is 14.6 Å². The van der Waals surface area contributed by atoms with E-state index in [4.69, 9.17) is 4.74 Å². The Kier molecular flexibility index (Phi) is 2.31. The van der Waals surface area contributed by atoms with Gasteiger partial charge in [-0.2, -0.15) is 0 Å². The second kappa shape index (κ2) is 3.82. The molecule has 2 bridgehead atoms. The second-order valence-electron chi connectivity index (χ2n) is 8.04. The Morgan fingerprint density at radius 3 is 2.95 bits per heavy atom. The molecule has 0 unspecified atom stereocenters. The molecule has 0 aromatic carbocycles. The number of carbonyl (C=O) groups excluding carboxylic acids is 1. The molecule has 3 heteroatoms. The molecule has 5 aliphatic rings. The van der Waals surface area contributed by atoms with Gasteiger partial charge in [-0.15, -0.1) is 0 Å². The zero-order valence-electron chi connectivity index (χ0n) is 13.0. The Morgan fingerprint density at radius 1 is 1.23 bits per heavy atom. The monoisotopic (exact) mass is 298 g/mol. The summed E-state index contributed by atoms with van der Waals surface area (Å²) in [4.78, 5) is 11.7. The van der Waals surface area contributed by atoms with E-state index in [9.17, 15) is 9.90 Å². The van der Waals surface area contributed by atoms with Crippen LogP contribution >= 0.6 is 0 Å². The fraction of sp³-hybridized carbons (Fsp3) is 0.632. The van der Waals surface area contributed by atoms with Crippen molar-refractivity contribution >= 4 is 5.78 Å². The number of carbonyl (C=O) groups is 1. The van der Waals surface area contributed by atoms with Crippen molar-refractivity contribution in [2.24, 2.45) is 11.3 Å². The molecule has 1 N–H and O–H groups in total. The maximum absolute atomic E-state index is 11.7. The SMILES string of the molecule is C[C@]12CCC3=CC4=CC(=O)C=C[C@]45CC[C@]3(O5)[C@@H]1CC[C@@H]2O. The standard InChI is InChI=1S/C19H22O3/c1-17-6-4-12-10-13-11-14(20)5-7-18(13)8-9-19(12,22-18)15(17)2-3-16(17)21/h5,7,10-11,15-16,21H,2-4,6,8-9H2,1H3/t15-,16+,17+,18+,19-/m1/s1. The fourth-order valence-electron chi connectivity index (χ4n) is 5.94. The van der Waals surface area contributed by atoms with Crippen LogP contribution in [0.3, 0.4) is 0 Å². The Morgan fingerprint density at radius 2 is 2.09 bits per heavy atom. The highest BCUT2D eigenvalue weighted by atomic mass is 16.5. The molecule has 2 spiro atoms. The van der Waals surface area contributed by atoms with Crippen molar-refractivity contribution in [3.8, 4) is 0 Å². The van der Waals surface area contributed by atoms with E-state index >= 15 is 0 Å². The minimum Gasteiger partial charge on any atom is -0.393 e. The molecule has 2 aliphatic heterocycles. The van der Waals surface area contributed by atoms with Crippen LogP contribution in [0.5, 0.6) is 0 Å². The van der Waals surface area contributed by atoms with Crippen LogP contribution < -0.4 is 0 Å². The van der Waals surface area contributed by atoms with Gasteiger partial charge in [0, 0.05) is 0 Å². The summed E-state index contributed by atoms with van der Waals surface area (Å²) in [6, 6.07) is 0. The molecule has 1 saturated heterocycles. The topological polar surface area (TPSA) is 46.5 Å². The highest BCUT2D eigenvalue weighted by Gasteiger charge is 2.66. The molecule has 116 valence electrons. The Hall–Kier alpha value is -1.19. The van der Waals surface area contributed by atoms with Crippen molar-refractivity contribution in [1.29, 1.82) is 0 Å². The summed E-state index contributed by atoms with van der Waals surface area (Å²) in [6.45, 7) is 2.25. The lowest BCUT2D eigenvalue weighted by atomic mass is 9.58. The lowest BCUT2D eigenvalue weighted by Crippen LogP contribution is -2.54. The number of aliphatic hydroxyl groups is 1. The van der Waals surface area contributed by atoms with Crippen LogP contribution in [-0.2, 0) is 9.53 Å². The van der Waals surface area contributed by atoms with Crippen LogP contribution in [0.25, 0.3) is 0 Å². The van der Waals surface area contributed by atoms with Gasteiger partial charge in [-0.3, -0.25) is 4.79 Å². The van der Waals surface area contributed by atoms with Gasteiger partial charge < -0.3 is 9.84 Å². The highest BCUT2D eigenvalue weighted by molar-refractivity contribution is 6.02. The van der Waals surface area contributed by atoms with Crippen LogP contribution in [0.15, 0.2) is 35.5 Å². The molecule has 5 rings (SSSR count). The van der Waals surface area contributed by atoms with E-state index in [1.807, 2.05) is 6.08 Å².